The van der Waals surface area contributed by atoms with Gasteiger partial charge in [0.05, 0.1) is 13.3 Å². The Bertz CT molecular complexity index is 358. The minimum Gasteiger partial charge on any atom is -0.464 e. The molecule has 0 aliphatic heterocycles. The summed E-state index contributed by atoms with van der Waals surface area (Å²) < 4.78 is 4.50. The summed E-state index contributed by atoms with van der Waals surface area (Å²) >= 11 is 0. The van der Waals surface area contributed by atoms with E-state index in [1.54, 1.807) is 0 Å². The number of methoxy groups -OCH3 is 1. The smallest absolute Gasteiger partial charge is 0.356 e. The SMILES string of the molecule is COC(=O)c1[nH]ncc1C/C(N)=N/O. The van der Waals surface area contributed by atoms with Gasteiger partial charge in [0.25, 0.3) is 0 Å². The van der Waals surface area contributed by atoms with Crippen molar-refractivity contribution in [1.82, 2.24) is 10.2 Å². The van der Waals surface area contributed by atoms with E-state index >= 15 is 0 Å². The number of hydrogen-bond donors (Lipinski definition) is 3. The van der Waals surface area contributed by atoms with E-state index in [-0.39, 0.29) is 18.0 Å². The number of H-pyrrole nitrogens is 1. The van der Waals surface area contributed by atoms with Crippen LogP contribution in [0.15, 0.2) is 11.4 Å². The molecule has 0 fully saturated rings. The lowest BCUT2D eigenvalue weighted by molar-refractivity contribution is 0.0593. The van der Waals surface area contributed by atoms with Crippen LogP contribution in [0.2, 0.25) is 0 Å². The van der Waals surface area contributed by atoms with Gasteiger partial charge in [-0.05, 0) is 0 Å². The summed E-state index contributed by atoms with van der Waals surface area (Å²) in [4.78, 5) is 11.1. The van der Waals surface area contributed by atoms with Gasteiger partial charge in [-0.3, -0.25) is 5.10 Å². The van der Waals surface area contributed by atoms with Crippen LogP contribution in [-0.2, 0) is 11.2 Å². The predicted octanol–water partition coefficient (Wildman–Crippen LogP) is -0.515. The van der Waals surface area contributed by atoms with Gasteiger partial charge in [0, 0.05) is 12.0 Å². The summed E-state index contributed by atoms with van der Waals surface area (Å²) in [5.41, 5.74) is 6.01. The number of nitrogens with one attached hydrogen (secondary N) is 1. The standard InChI is InChI=1S/C7H10N4O3/c1-14-7(12)6-4(3-9-10-6)2-5(8)11-13/h3,13H,2H2,1H3,(H2,8,11)(H,9,10). The van der Waals surface area contributed by atoms with Gasteiger partial charge < -0.3 is 15.7 Å². The van der Waals surface area contributed by atoms with Crippen molar-refractivity contribution in [2.75, 3.05) is 7.11 Å². The maximum Gasteiger partial charge on any atom is 0.356 e. The fourth-order valence-electron chi connectivity index (χ4n) is 0.954. The number of nitrogens with zero attached hydrogens (tertiary/aromatic N) is 2. The Labute approximate surface area is 79.5 Å². The molecule has 1 heterocycles. The van der Waals surface area contributed by atoms with Crippen molar-refractivity contribution < 1.29 is 14.7 Å². The summed E-state index contributed by atoms with van der Waals surface area (Å²) in [6.45, 7) is 0. The fourth-order valence-corrected chi connectivity index (χ4v) is 0.954. The molecule has 0 atom stereocenters. The molecule has 0 spiro atoms. The van der Waals surface area contributed by atoms with Crippen LogP contribution in [0.1, 0.15) is 16.1 Å². The number of carbonyl (C=O) groups excluding carboxylic acids is 1. The van der Waals surface area contributed by atoms with Gasteiger partial charge in [0.15, 0.2) is 0 Å². The van der Waals surface area contributed by atoms with Crippen molar-refractivity contribution in [2.24, 2.45) is 10.9 Å². The summed E-state index contributed by atoms with van der Waals surface area (Å²) in [5, 5.41) is 17.3. The number of hydrogen-bond acceptors (Lipinski definition) is 5. The van der Waals surface area contributed by atoms with Crippen LogP contribution >= 0.6 is 0 Å². The van der Waals surface area contributed by atoms with Crippen LogP contribution in [0.5, 0.6) is 0 Å². The highest BCUT2D eigenvalue weighted by atomic mass is 16.5. The molecule has 7 heteroatoms. The van der Waals surface area contributed by atoms with Crippen LogP contribution in [0.25, 0.3) is 0 Å². The van der Waals surface area contributed by atoms with Gasteiger partial charge in [-0.25, -0.2) is 4.79 Å². The van der Waals surface area contributed by atoms with Gasteiger partial charge in [-0.2, -0.15) is 5.10 Å². The third-order valence-electron chi connectivity index (χ3n) is 1.61. The van der Waals surface area contributed by atoms with E-state index in [0.29, 0.717) is 5.56 Å². The quantitative estimate of drug-likeness (QED) is 0.199. The van der Waals surface area contributed by atoms with Gasteiger partial charge in [-0.15, -0.1) is 0 Å². The van der Waals surface area contributed by atoms with E-state index in [9.17, 15) is 4.79 Å². The first-order valence-corrected chi connectivity index (χ1v) is 3.76. The number of esters is 1. The molecule has 0 aliphatic carbocycles. The number of oxime groups is 1. The number of nitrogens with two attached hydrogens (primary N) is 1. The van der Waals surface area contributed by atoms with Crippen molar-refractivity contribution in [1.29, 1.82) is 0 Å². The molecule has 0 radical (unpaired) electrons. The minimum absolute atomic E-state index is 0.00319. The second kappa shape index (κ2) is 4.26. The van der Waals surface area contributed by atoms with Crippen molar-refractivity contribution >= 4 is 11.8 Å². The molecule has 1 aromatic rings. The molecule has 4 N–H and O–H groups in total. The van der Waals surface area contributed by atoms with Crippen LogP contribution in [0.4, 0.5) is 0 Å². The highest BCUT2D eigenvalue weighted by molar-refractivity contribution is 5.91. The minimum atomic E-state index is -0.539. The number of ether oxygens (including phenoxy) is 1. The van der Waals surface area contributed by atoms with Crippen LogP contribution in [0, 0.1) is 0 Å². The predicted molar refractivity (Wildman–Crippen MR) is 47.0 cm³/mol. The lowest BCUT2D eigenvalue weighted by Crippen LogP contribution is -2.16. The normalized spacial score (nSPS) is 11.4. The first-order valence-electron chi connectivity index (χ1n) is 3.76. The molecule has 0 aliphatic rings. The first kappa shape index (κ1) is 10.0. The third-order valence-corrected chi connectivity index (χ3v) is 1.61. The third kappa shape index (κ3) is 2.00. The van der Waals surface area contributed by atoms with Crippen LogP contribution in [0.3, 0.4) is 0 Å². The van der Waals surface area contributed by atoms with E-state index < -0.39 is 5.97 Å². The van der Waals surface area contributed by atoms with Gasteiger partial charge >= 0.3 is 5.97 Å². The zero-order valence-electron chi connectivity index (χ0n) is 7.52. The molecule has 0 unspecified atom stereocenters. The second-order valence-corrected chi connectivity index (χ2v) is 2.53. The highest BCUT2D eigenvalue weighted by Crippen LogP contribution is 2.06. The molecule has 0 amide bonds. The Morgan fingerprint density at radius 2 is 2.57 bits per heavy atom. The molecule has 0 saturated heterocycles. The van der Waals surface area contributed by atoms with E-state index in [4.69, 9.17) is 10.9 Å². The Morgan fingerprint density at radius 1 is 1.86 bits per heavy atom. The molecular formula is C7H10N4O3. The molecule has 76 valence electrons. The molecular weight excluding hydrogens is 188 g/mol. The number of amidine groups is 1. The van der Waals surface area contributed by atoms with Crippen LogP contribution in [-0.4, -0.2) is 34.3 Å². The lowest BCUT2D eigenvalue weighted by atomic mass is 10.2. The molecule has 14 heavy (non-hydrogen) atoms. The summed E-state index contributed by atoms with van der Waals surface area (Å²) in [7, 11) is 1.26. The van der Waals surface area contributed by atoms with Gasteiger partial charge in [0.2, 0.25) is 0 Å². The van der Waals surface area contributed by atoms with E-state index in [0.717, 1.165) is 0 Å². The average Bonchev–Trinajstić information content (AvgIpc) is 2.64. The zero-order valence-corrected chi connectivity index (χ0v) is 7.52. The molecule has 7 nitrogen and oxygen atoms in total. The Morgan fingerprint density at radius 3 is 3.14 bits per heavy atom. The summed E-state index contributed by atoms with van der Waals surface area (Å²) in [5.74, 6) is -0.542. The maximum atomic E-state index is 11.1. The average molecular weight is 198 g/mol. The van der Waals surface area contributed by atoms with Crippen molar-refractivity contribution in [3.8, 4) is 0 Å². The monoisotopic (exact) mass is 198 g/mol. The topological polar surface area (TPSA) is 114 Å². The number of rotatable bonds is 3. The molecule has 0 bridgehead atoms. The fraction of sp³-hybridized carbons (Fsp3) is 0.286. The Kier molecular flexibility index (Phi) is 3.05. The van der Waals surface area contributed by atoms with Crippen LogP contribution < -0.4 is 5.73 Å². The Hall–Kier alpha value is -2.05. The molecule has 0 aromatic carbocycles. The summed E-state index contributed by atoms with van der Waals surface area (Å²) in [6, 6.07) is 0. The number of aromatic nitrogens is 2. The highest BCUT2D eigenvalue weighted by Gasteiger charge is 2.14. The molecule has 0 saturated carbocycles. The van der Waals surface area contributed by atoms with Gasteiger partial charge in [0.1, 0.15) is 11.5 Å². The van der Waals surface area contributed by atoms with Crippen molar-refractivity contribution in [3.63, 3.8) is 0 Å². The van der Waals surface area contributed by atoms with Gasteiger partial charge in [-0.1, -0.05) is 5.16 Å². The van der Waals surface area contributed by atoms with E-state index in [1.807, 2.05) is 0 Å². The van der Waals surface area contributed by atoms with Crippen molar-refractivity contribution in [3.05, 3.63) is 17.5 Å². The van der Waals surface area contributed by atoms with E-state index in [1.165, 1.54) is 13.3 Å². The zero-order chi connectivity index (χ0) is 10.6. The maximum absolute atomic E-state index is 11.1. The number of carbonyl (C=O) groups is 1. The molecule has 1 rings (SSSR count). The molecule has 1 aromatic heterocycles. The second-order valence-electron chi connectivity index (χ2n) is 2.53. The summed E-state index contributed by atoms with van der Waals surface area (Å²) in [6.07, 6.45) is 1.56. The first-order chi connectivity index (χ1) is 6.69. The lowest BCUT2D eigenvalue weighted by Gasteiger charge is -1.99. The van der Waals surface area contributed by atoms with E-state index in [2.05, 4.69) is 20.1 Å². The van der Waals surface area contributed by atoms with Crippen molar-refractivity contribution in [2.45, 2.75) is 6.42 Å². The Balaban J connectivity index is 2.88. The largest absolute Gasteiger partial charge is 0.464 e. The number of aromatic amines is 1.